The van der Waals surface area contributed by atoms with Gasteiger partial charge in [0.2, 0.25) is 0 Å². The van der Waals surface area contributed by atoms with E-state index < -0.39 is 5.82 Å². The second kappa shape index (κ2) is 5.97. The molecule has 3 rings (SSSR count). The van der Waals surface area contributed by atoms with Crippen molar-refractivity contribution in [2.45, 2.75) is 13.3 Å². The maximum atomic E-state index is 13.2. The van der Waals surface area contributed by atoms with Crippen LogP contribution in [0.15, 0.2) is 42.5 Å². The average molecular weight is 297 g/mol. The first-order chi connectivity index (χ1) is 10.6. The molecular weight excluding hydrogens is 281 g/mol. The summed E-state index contributed by atoms with van der Waals surface area (Å²) in [4.78, 5) is 19.7. The summed E-state index contributed by atoms with van der Waals surface area (Å²) >= 11 is 0. The van der Waals surface area contributed by atoms with Gasteiger partial charge in [-0.1, -0.05) is 18.2 Å². The number of H-pyrrole nitrogens is 1. The number of hydrogen-bond acceptors (Lipinski definition) is 2. The highest BCUT2D eigenvalue weighted by molar-refractivity contribution is 5.95. The van der Waals surface area contributed by atoms with Crippen molar-refractivity contribution < 1.29 is 9.18 Å². The predicted octanol–water partition coefficient (Wildman–Crippen LogP) is 2.98. The summed E-state index contributed by atoms with van der Waals surface area (Å²) in [5, 5.41) is 2.79. The van der Waals surface area contributed by atoms with Crippen molar-refractivity contribution in [2.24, 2.45) is 0 Å². The fraction of sp³-hybridized carbons (Fsp3) is 0.176. The molecule has 2 N–H and O–H groups in total. The van der Waals surface area contributed by atoms with Crippen LogP contribution in [-0.4, -0.2) is 22.4 Å². The summed E-state index contributed by atoms with van der Waals surface area (Å²) < 4.78 is 13.2. The van der Waals surface area contributed by atoms with Gasteiger partial charge in [-0.3, -0.25) is 4.79 Å². The summed E-state index contributed by atoms with van der Waals surface area (Å²) in [5.74, 6) is 0.138. The number of carbonyl (C=O) groups excluding carboxylic acids is 1. The first kappa shape index (κ1) is 14.3. The first-order valence-corrected chi connectivity index (χ1v) is 7.11. The molecule has 1 amide bonds. The van der Waals surface area contributed by atoms with Crippen molar-refractivity contribution in [1.82, 2.24) is 15.3 Å². The standard InChI is InChI=1S/C17H16FN3O/c1-11-6-7-12(18)10-13(11)17(22)19-9-8-16-20-14-4-2-3-5-15(14)21-16/h2-7,10H,8-9H2,1H3,(H,19,22)(H,20,21). The average Bonchev–Trinajstić information content (AvgIpc) is 2.92. The number of aromatic nitrogens is 2. The van der Waals surface area contributed by atoms with Gasteiger partial charge in [0.1, 0.15) is 11.6 Å². The molecule has 0 saturated carbocycles. The van der Waals surface area contributed by atoms with Crippen molar-refractivity contribution in [3.8, 4) is 0 Å². The Morgan fingerprint density at radius 1 is 1.27 bits per heavy atom. The Bertz CT molecular complexity index is 793. The van der Waals surface area contributed by atoms with Gasteiger partial charge in [0.25, 0.3) is 5.91 Å². The zero-order valence-electron chi connectivity index (χ0n) is 12.2. The fourth-order valence-corrected chi connectivity index (χ4v) is 2.35. The molecule has 2 aromatic carbocycles. The Hall–Kier alpha value is -2.69. The number of aryl methyl sites for hydroxylation is 1. The highest BCUT2D eigenvalue weighted by atomic mass is 19.1. The molecule has 1 heterocycles. The predicted molar refractivity (Wildman–Crippen MR) is 83.3 cm³/mol. The molecule has 1 aromatic heterocycles. The number of imidazole rings is 1. The normalized spacial score (nSPS) is 10.8. The lowest BCUT2D eigenvalue weighted by Crippen LogP contribution is -2.26. The van der Waals surface area contributed by atoms with E-state index in [1.54, 1.807) is 13.0 Å². The van der Waals surface area contributed by atoms with Crippen LogP contribution in [0, 0.1) is 12.7 Å². The highest BCUT2D eigenvalue weighted by Crippen LogP contribution is 2.11. The minimum Gasteiger partial charge on any atom is -0.352 e. The lowest BCUT2D eigenvalue weighted by molar-refractivity contribution is 0.0953. The fourth-order valence-electron chi connectivity index (χ4n) is 2.35. The molecule has 0 unspecified atom stereocenters. The lowest BCUT2D eigenvalue weighted by atomic mass is 10.1. The third-order valence-corrected chi connectivity index (χ3v) is 3.53. The number of para-hydroxylation sites is 2. The number of rotatable bonds is 4. The Morgan fingerprint density at radius 3 is 2.91 bits per heavy atom. The number of nitrogens with one attached hydrogen (secondary N) is 2. The minimum atomic E-state index is -0.409. The molecule has 0 atom stereocenters. The number of aromatic amines is 1. The molecule has 0 radical (unpaired) electrons. The van der Waals surface area contributed by atoms with Crippen molar-refractivity contribution in [3.05, 3.63) is 65.2 Å². The third kappa shape index (κ3) is 2.98. The zero-order valence-corrected chi connectivity index (χ0v) is 12.2. The molecule has 0 aliphatic heterocycles. The number of fused-ring (bicyclic) bond motifs is 1. The second-order valence-corrected chi connectivity index (χ2v) is 5.17. The van der Waals surface area contributed by atoms with E-state index in [9.17, 15) is 9.18 Å². The molecule has 0 aliphatic rings. The summed E-state index contributed by atoms with van der Waals surface area (Å²) in [5.41, 5.74) is 3.00. The number of amides is 1. The first-order valence-electron chi connectivity index (χ1n) is 7.11. The molecule has 0 bridgehead atoms. The molecule has 0 aliphatic carbocycles. The van der Waals surface area contributed by atoms with Crippen LogP contribution in [0.3, 0.4) is 0 Å². The molecule has 0 saturated heterocycles. The Morgan fingerprint density at radius 2 is 2.09 bits per heavy atom. The van der Waals surface area contributed by atoms with E-state index in [1.807, 2.05) is 24.3 Å². The van der Waals surface area contributed by atoms with Gasteiger partial charge in [0.05, 0.1) is 11.0 Å². The van der Waals surface area contributed by atoms with E-state index >= 15 is 0 Å². The van der Waals surface area contributed by atoms with E-state index in [-0.39, 0.29) is 5.91 Å². The summed E-state index contributed by atoms with van der Waals surface area (Å²) in [6, 6.07) is 12.0. The van der Waals surface area contributed by atoms with E-state index in [4.69, 9.17) is 0 Å². The summed E-state index contributed by atoms with van der Waals surface area (Å²) in [6.07, 6.45) is 0.592. The molecule has 3 aromatic rings. The van der Waals surface area contributed by atoms with Gasteiger partial charge in [0.15, 0.2) is 0 Å². The number of benzene rings is 2. The van der Waals surface area contributed by atoms with Crippen LogP contribution in [-0.2, 0) is 6.42 Å². The van der Waals surface area contributed by atoms with Crippen molar-refractivity contribution >= 4 is 16.9 Å². The molecule has 0 fully saturated rings. The second-order valence-electron chi connectivity index (χ2n) is 5.17. The Labute approximate surface area is 127 Å². The number of hydrogen-bond donors (Lipinski definition) is 2. The number of nitrogens with zero attached hydrogens (tertiary/aromatic N) is 1. The van der Waals surface area contributed by atoms with Crippen LogP contribution in [0.25, 0.3) is 11.0 Å². The van der Waals surface area contributed by atoms with E-state index in [0.29, 0.717) is 18.5 Å². The van der Waals surface area contributed by atoms with Crippen LogP contribution < -0.4 is 5.32 Å². The molecule has 4 nitrogen and oxygen atoms in total. The molecule has 22 heavy (non-hydrogen) atoms. The molecule has 0 spiro atoms. The highest BCUT2D eigenvalue weighted by Gasteiger charge is 2.10. The number of halogens is 1. The van der Waals surface area contributed by atoms with E-state index in [1.165, 1.54) is 12.1 Å². The van der Waals surface area contributed by atoms with Crippen molar-refractivity contribution in [3.63, 3.8) is 0 Å². The van der Waals surface area contributed by atoms with Gasteiger partial charge in [-0.05, 0) is 36.8 Å². The van der Waals surface area contributed by atoms with Crippen LogP contribution in [0.4, 0.5) is 4.39 Å². The largest absolute Gasteiger partial charge is 0.352 e. The van der Waals surface area contributed by atoms with Gasteiger partial charge in [-0.15, -0.1) is 0 Å². The molecular formula is C17H16FN3O. The van der Waals surface area contributed by atoms with E-state index in [0.717, 1.165) is 22.4 Å². The maximum Gasteiger partial charge on any atom is 0.251 e. The van der Waals surface area contributed by atoms with Crippen LogP contribution >= 0.6 is 0 Å². The third-order valence-electron chi connectivity index (χ3n) is 3.53. The molecule has 112 valence electrons. The van der Waals surface area contributed by atoms with Gasteiger partial charge in [-0.25, -0.2) is 9.37 Å². The van der Waals surface area contributed by atoms with Crippen LogP contribution in [0.5, 0.6) is 0 Å². The summed E-state index contributed by atoms with van der Waals surface area (Å²) in [7, 11) is 0. The molecule has 5 heteroatoms. The van der Waals surface area contributed by atoms with E-state index in [2.05, 4.69) is 15.3 Å². The Kier molecular flexibility index (Phi) is 3.87. The topological polar surface area (TPSA) is 57.8 Å². The quantitative estimate of drug-likeness (QED) is 0.778. The van der Waals surface area contributed by atoms with Crippen LogP contribution in [0.2, 0.25) is 0 Å². The SMILES string of the molecule is Cc1ccc(F)cc1C(=O)NCCc1nc2ccccc2[nH]1. The smallest absolute Gasteiger partial charge is 0.251 e. The number of carbonyl (C=O) groups is 1. The van der Waals surface area contributed by atoms with Gasteiger partial charge in [-0.2, -0.15) is 0 Å². The van der Waals surface area contributed by atoms with Gasteiger partial charge < -0.3 is 10.3 Å². The minimum absolute atomic E-state index is 0.270. The summed E-state index contributed by atoms with van der Waals surface area (Å²) in [6.45, 7) is 2.22. The lowest BCUT2D eigenvalue weighted by Gasteiger charge is -2.07. The maximum absolute atomic E-state index is 13.2. The zero-order chi connectivity index (χ0) is 15.5. The monoisotopic (exact) mass is 297 g/mol. The Balaban J connectivity index is 1.62. The van der Waals surface area contributed by atoms with Gasteiger partial charge in [0, 0.05) is 18.5 Å². The van der Waals surface area contributed by atoms with Crippen LogP contribution in [0.1, 0.15) is 21.7 Å². The van der Waals surface area contributed by atoms with Crippen molar-refractivity contribution in [2.75, 3.05) is 6.54 Å². The van der Waals surface area contributed by atoms with Crippen molar-refractivity contribution in [1.29, 1.82) is 0 Å². The van der Waals surface area contributed by atoms with Gasteiger partial charge >= 0.3 is 0 Å².